The van der Waals surface area contributed by atoms with Crippen LogP contribution in [0.1, 0.15) is 36.9 Å². The minimum absolute atomic E-state index is 0.321. The van der Waals surface area contributed by atoms with Crippen molar-refractivity contribution in [3.63, 3.8) is 0 Å². The van der Waals surface area contributed by atoms with E-state index in [4.69, 9.17) is 9.94 Å². The van der Waals surface area contributed by atoms with Gasteiger partial charge in [0.2, 0.25) is 5.91 Å². The molecule has 4 N–H and O–H groups in total. The first-order valence-electron chi connectivity index (χ1n) is 11.2. The molecule has 174 valence electrons. The van der Waals surface area contributed by atoms with Gasteiger partial charge in [-0.2, -0.15) is 0 Å². The molecule has 33 heavy (non-hydrogen) atoms. The van der Waals surface area contributed by atoms with Crippen LogP contribution in [0, 0.1) is 0 Å². The summed E-state index contributed by atoms with van der Waals surface area (Å²) in [5.41, 5.74) is 5.62. The van der Waals surface area contributed by atoms with E-state index in [0.29, 0.717) is 26.0 Å². The number of amides is 1. The fourth-order valence-corrected chi connectivity index (χ4v) is 3.37. The molecule has 2 aromatic carbocycles. The van der Waals surface area contributed by atoms with Crippen LogP contribution in [-0.2, 0) is 17.8 Å². The Bertz CT molecular complexity index is 963. The molecule has 7 heteroatoms. The quantitative estimate of drug-likeness (QED) is 0.137. The number of ether oxygens (including phenoxy) is 1. The Balaban J connectivity index is 1.40. The van der Waals surface area contributed by atoms with Crippen molar-refractivity contribution in [1.29, 1.82) is 0 Å². The van der Waals surface area contributed by atoms with Gasteiger partial charge in [0.1, 0.15) is 12.0 Å². The molecule has 0 saturated carbocycles. The van der Waals surface area contributed by atoms with Crippen molar-refractivity contribution in [2.75, 3.05) is 6.61 Å². The van der Waals surface area contributed by atoms with Gasteiger partial charge in [-0.05, 0) is 48.6 Å². The van der Waals surface area contributed by atoms with Crippen molar-refractivity contribution in [3.8, 4) is 16.9 Å². The molecule has 0 bridgehead atoms. The van der Waals surface area contributed by atoms with Crippen LogP contribution in [0.3, 0.4) is 0 Å². The number of rotatable bonds is 13. The van der Waals surface area contributed by atoms with Crippen LogP contribution < -0.4 is 15.5 Å². The third-order valence-electron chi connectivity index (χ3n) is 5.24. The van der Waals surface area contributed by atoms with Crippen LogP contribution in [0.2, 0.25) is 0 Å². The molecule has 0 spiro atoms. The largest absolute Gasteiger partial charge is 0.494 e. The van der Waals surface area contributed by atoms with Crippen molar-refractivity contribution in [3.05, 3.63) is 84.2 Å². The number of hydrogen-bond donors (Lipinski definition) is 4. The molecule has 0 radical (unpaired) electrons. The Hall–Kier alpha value is -3.26. The van der Waals surface area contributed by atoms with E-state index in [1.54, 1.807) is 5.48 Å². The summed E-state index contributed by atoms with van der Waals surface area (Å²) in [6.07, 6.45) is 4.34. The maximum Gasteiger partial charge on any atom is 0.243 e. The Labute approximate surface area is 194 Å². The van der Waals surface area contributed by atoms with Gasteiger partial charge in [0.05, 0.1) is 6.61 Å². The Morgan fingerprint density at radius 1 is 0.939 bits per heavy atom. The fourth-order valence-electron chi connectivity index (χ4n) is 3.37. The molecule has 1 aromatic heterocycles. The van der Waals surface area contributed by atoms with Gasteiger partial charge in [-0.25, -0.2) is 5.48 Å². The van der Waals surface area contributed by atoms with E-state index >= 15 is 0 Å². The van der Waals surface area contributed by atoms with E-state index in [1.807, 2.05) is 72.9 Å². The number of benzene rings is 2. The van der Waals surface area contributed by atoms with E-state index < -0.39 is 6.23 Å². The zero-order valence-corrected chi connectivity index (χ0v) is 18.6. The third kappa shape index (κ3) is 8.65. The monoisotopic (exact) mass is 449 g/mol. The van der Waals surface area contributed by atoms with Crippen LogP contribution >= 0.6 is 0 Å². The second kappa shape index (κ2) is 13.3. The molecule has 0 saturated heterocycles. The molecule has 1 amide bonds. The summed E-state index contributed by atoms with van der Waals surface area (Å²) >= 11 is 0. The van der Waals surface area contributed by atoms with Gasteiger partial charge in [0.25, 0.3) is 0 Å². The number of unbranched alkanes of at least 4 members (excludes halogenated alkanes) is 2. The SMILES string of the molecule is O=C(CCCCCOc1ccc(-c2ccc(CC(O)NCc3ccccc3)nc2)cc1)NO. The molecule has 0 aliphatic rings. The zero-order valence-electron chi connectivity index (χ0n) is 18.6. The number of carbonyl (C=O) groups is 1. The molecule has 3 rings (SSSR count). The van der Waals surface area contributed by atoms with E-state index in [0.717, 1.165) is 47.4 Å². The summed E-state index contributed by atoms with van der Waals surface area (Å²) in [7, 11) is 0. The lowest BCUT2D eigenvalue weighted by molar-refractivity contribution is -0.129. The van der Waals surface area contributed by atoms with Crippen molar-refractivity contribution >= 4 is 5.91 Å². The standard InChI is InChI=1S/C26H31N3O4/c30-25(29-32)9-5-2-6-16-33-24-14-11-21(12-15-24)22-10-13-23(27-19-22)17-26(31)28-18-20-7-3-1-4-8-20/h1,3-4,7-8,10-15,19,26,28,31-32H,2,5-6,9,16-18H2,(H,29,30). The van der Waals surface area contributed by atoms with Crippen LogP contribution in [0.25, 0.3) is 11.1 Å². The highest BCUT2D eigenvalue weighted by atomic mass is 16.5. The second-order valence-corrected chi connectivity index (χ2v) is 7.84. The maximum absolute atomic E-state index is 10.9. The van der Waals surface area contributed by atoms with Crippen LogP contribution in [0.15, 0.2) is 72.9 Å². The predicted octanol–water partition coefficient (Wildman–Crippen LogP) is 3.84. The van der Waals surface area contributed by atoms with Gasteiger partial charge < -0.3 is 9.84 Å². The molecule has 1 atom stereocenters. The maximum atomic E-state index is 10.9. The summed E-state index contributed by atoms with van der Waals surface area (Å²) < 4.78 is 5.75. The van der Waals surface area contributed by atoms with E-state index in [9.17, 15) is 9.90 Å². The average molecular weight is 450 g/mol. The van der Waals surface area contributed by atoms with E-state index in [2.05, 4.69) is 10.3 Å². The van der Waals surface area contributed by atoms with Crippen molar-refractivity contribution in [2.24, 2.45) is 0 Å². The number of aromatic nitrogens is 1. The molecule has 3 aromatic rings. The lowest BCUT2D eigenvalue weighted by atomic mass is 10.1. The molecular formula is C26H31N3O4. The minimum atomic E-state index is -0.660. The lowest BCUT2D eigenvalue weighted by Gasteiger charge is -2.13. The minimum Gasteiger partial charge on any atom is -0.494 e. The number of hydrogen-bond acceptors (Lipinski definition) is 6. The summed E-state index contributed by atoms with van der Waals surface area (Å²) in [4.78, 5) is 15.4. The smallest absolute Gasteiger partial charge is 0.243 e. The molecule has 0 aliphatic carbocycles. The van der Waals surface area contributed by atoms with Gasteiger partial charge in [-0.1, -0.05) is 48.5 Å². The Morgan fingerprint density at radius 3 is 2.39 bits per heavy atom. The Morgan fingerprint density at radius 2 is 1.70 bits per heavy atom. The van der Waals surface area contributed by atoms with Crippen molar-refractivity contribution < 1.29 is 19.8 Å². The summed E-state index contributed by atoms with van der Waals surface area (Å²) in [5, 5.41) is 21.8. The van der Waals surface area contributed by atoms with Gasteiger partial charge in [-0.3, -0.25) is 20.3 Å². The number of carbonyl (C=O) groups excluding carboxylic acids is 1. The summed E-state index contributed by atoms with van der Waals surface area (Å²) in [5.74, 6) is 0.439. The van der Waals surface area contributed by atoms with Gasteiger partial charge in [-0.15, -0.1) is 0 Å². The summed E-state index contributed by atoms with van der Waals surface area (Å²) in [6, 6.07) is 21.8. The van der Waals surface area contributed by atoms with Crippen LogP contribution in [0.5, 0.6) is 5.75 Å². The molecular weight excluding hydrogens is 418 g/mol. The lowest BCUT2D eigenvalue weighted by Crippen LogP contribution is -2.30. The fraction of sp³-hybridized carbons (Fsp3) is 0.308. The van der Waals surface area contributed by atoms with Gasteiger partial charge in [0.15, 0.2) is 0 Å². The number of aliphatic hydroxyl groups is 1. The predicted molar refractivity (Wildman–Crippen MR) is 127 cm³/mol. The first kappa shape index (κ1) is 24.4. The van der Waals surface area contributed by atoms with E-state index in [1.165, 1.54) is 0 Å². The number of nitrogens with one attached hydrogen (secondary N) is 2. The first-order valence-corrected chi connectivity index (χ1v) is 11.2. The first-order chi connectivity index (χ1) is 16.1. The van der Waals surface area contributed by atoms with Crippen molar-refractivity contribution in [1.82, 2.24) is 15.8 Å². The highest BCUT2D eigenvalue weighted by Crippen LogP contribution is 2.22. The number of aliphatic hydroxyl groups excluding tert-OH is 1. The molecule has 0 aliphatic heterocycles. The third-order valence-corrected chi connectivity index (χ3v) is 5.24. The van der Waals surface area contributed by atoms with Crippen LogP contribution in [0.4, 0.5) is 0 Å². The van der Waals surface area contributed by atoms with Crippen molar-refractivity contribution in [2.45, 2.75) is 44.9 Å². The highest BCUT2D eigenvalue weighted by molar-refractivity contribution is 5.74. The number of hydroxylamine groups is 1. The van der Waals surface area contributed by atoms with Crippen LogP contribution in [-0.4, -0.2) is 34.0 Å². The van der Waals surface area contributed by atoms with E-state index in [-0.39, 0.29) is 5.91 Å². The average Bonchev–Trinajstić information content (AvgIpc) is 2.86. The molecule has 7 nitrogen and oxygen atoms in total. The van der Waals surface area contributed by atoms with Gasteiger partial charge >= 0.3 is 0 Å². The molecule has 1 heterocycles. The highest BCUT2D eigenvalue weighted by Gasteiger charge is 2.07. The topological polar surface area (TPSA) is 104 Å². The summed E-state index contributed by atoms with van der Waals surface area (Å²) in [6.45, 7) is 1.19. The molecule has 0 fully saturated rings. The Kier molecular flexibility index (Phi) is 9.85. The van der Waals surface area contributed by atoms with Gasteiger partial charge in [0, 0.05) is 36.8 Å². The number of nitrogens with zero attached hydrogens (tertiary/aromatic N) is 1. The zero-order chi connectivity index (χ0) is 23.3. The normalized spacial score (nSPS) is 11.7. The molecule has 1 unspecified atom stereocenters. The number of pyridine rings is 1. The second-order valence-electron chi connectivity index (χ2n) is 7.84.